The van der Waals surface area contributed by atoms with Gasteiger partial charge in [-0.05, 0) is 23.6 Å². The Balaban J connectivity index is 0.000000621. The zero-order valence-electron chi connectivity index (χ0n) is 11.7. The second-order valence-corrected chi connectivity index (χ2v) is 6.88. The molecule has 0 saturated carbocycles. The number of rotatable bonds is 4. The van der Waals surface area contributed by atoms with Crippen molar-refractivity contribution in [3.63, 3.8) is 0 Å². The van der Waals surface area contributed by atoms with E-state index in [1.165, 1.54) is 0 Å². The minimum absolute atomic E-state index is 0.0970. The number of benzene rings is 1. The highest BCUT2D eigenvalue weighted by Gasteiger charge is 2.19. The van der Waals surface area contributed by atoms with E-state index in [1.807, 2.05) is 12.1 Å². The first-order valence-corrected chi connectivity index (χ1v) is 8.68. The van der Waals surface area contributed by atoms with Crippen LogP contribution >= 0.6 is 23.2 Å². The Labute approximate surface area is 130 Å². The average molecular weight is 343 g/mol. The lowest BCUT2D eigenvalue weighted by atomic mass is 9.86. The highest BCUT2D eigenvalue weighted by Crippen LogP contribution is 2.33. The largest absolute Gasteiger partial charge is 0.396 e. The van der Waals surface area contributed by atoms with Gasteiger partial charge in [0.05, 0.1) is 12.9 Å². The van der Waals surface area contributed by atoms with Crippen molar-refractivity contribution in [2.45, 2.75) is 26.2 Å². The van der Waals surface area contributed by atoms with Gasteiger partial charge in [-0.25, -0.2) is 0 Å². The maximum absolute atomic E-state index is 9.38. The van der Waals surface area contributed by atoms with Gasteiger partial charge in [-0.15, -0.1) is 0 Å². The summed E-state index contributed by atoms with van der Waals surface area (Å²) in [4.78, 5) is 0. The van der Waals surface area contributed by atoms with Gasteiger partial charge < -0.3 is 5.11 Å². The summed E-state index contributed by atoms with van der Waals surface area (Å²) in [5, 5.41) is 10.7. The van der Waals surface area contributed by atoms with Crippen LogP contribution in [0.1, 0.15) is 31.7 Å². The molecule has 0 spiro atoms. The molecule has 116 valence electrons. The number of aliphatic hydroxyl groups excluding tert-OH is 1. The van der Waals surface area contributed by atoms with Crippen molar-refractivity contribution in [1.29, 1.82) is 0 Å². The fourth-order valence-electron chi connectivity index (χ4n) is 1.67. The van der Waals surface area contributed by atoms with E-state index in [4.69, 9.17) is 27.8 Å². The van der Waals surface area contributed by atoms with E-state index < -0.39 is 10.1 Å². The third-order valence-corrected chi connectivity index (χ3v) is 3.45. The first-order valence-electron chi connectivity index (χ1n) is 6.08. The van der Waals surface area contributed by atoms with Crippen LogP contribution in [0, 0.1) is 5.92 Å². The molecule has 0 aliphatic heterocycles. The van der Waals surface area contributed by atoms with Crippen LogP contribution < -0.4 is 0 Å². The summed E-state index contributed by atoms with van der Waals surface area (Å²) >= 11 is 11.9. The zero-order chi connectivity index (χ0) is 15.9. The summed E-state index contributed by atoms with van der Waals surface area (Å²) in [6.45, 7) is 4.35. The van der Waals surface area contributed by atoms with Crippen molar-refractivity contribution in [3.8, 4) is 0 Å². The molecule has 0 aliphatic carbocycles. The van der Waals surface area contributed by atoms with Crippen LogP contribution in [0.3, 0.4) is 0 Å². The molecule has 2 unspecified atom stereocenters. The van der Waals surface area contributed by atoms with E-state index in [2.05, 4.69) is 13.8 Å². The molecule has 0 aliphatic rings. The number of hydrogen-bond donors (Lipinski definition) is 2. The van der Waals surface area contributed by atoms with Crippen LogP contribution in [0.25, 0.3) is 0 Å². The molecule has 0 aromatic heterocycles. The van der Waals surface area contributed by atoms with Gasteiger partial charge in [-0.3, -0.25) is 4.55 Å². The van der Waals surface area contributed by atoms with Crippen molar-refractivity contribution < 1.29 is 18.1 Å². The van der Waals surface area contributed by atoms with Crippen molar-refractivity contribution in [3.05, 3.63) is 33.8 Å². The fourth-order valence-corrected chi connectivity index (χ4v) is 2.22. The molecule has 0 heterocycles. The first-order chi connectivity index (χ1) is 9.10. The molecule has 0 fully saturated rings. The molecular weight excluding hydrogens is 323 g/mol. The van der Waals surface area contributed by atoms with Gasteiger partial charge in [-0.2, -0.15) is 8.42 Å². The zero-order valence-corrected chi connectivity index (χ0v) is 14.0. The maximum atomic E-state index is 9.38. The Morgan fingerprint density at radius 1 is 1.30 bits per heavy atom. The Morgan fingerprint density at radius 3 is 2.15 bits per heavy atom. The van der Waals surface area contributed by atoms with E-state index in [-0.39, 0.29) is 12.5 Å². The molecule has 20 heavy (non-hydrogen) atoms. The van der Waals surface area contributed by atoms with E-state index in [9.17, 15) is 13.5 Å². The highest BCUT2D eigenvalue weighted by atomic mass is 35.5. The van der Waals surface area contributed by atoms with Crippen LogP contribution in [-0.4, -0.2) is 30.9 Å². The lowest BCUT2D eigenvalue weighted by Gasteiger charge is -2.22. The standard InChI is InChI=1S/C12H16Cl2O.CH4O3S/c1-3-8(2)11(7-15)10-5-4-9(13)6-12(10)14;1-5(2,3)4/h4-6,8,11,15H,3,7H2,1-2H3;1H3,(H,2,3,4). The van der Waals surface area contributed by atoms with Gasteiger partial charge in [0.1, 0.15) is 0 Å². The van der Waals surface area contributed by atoms with Crippen molar-refractivity contribution >= 4 is 33.3 Å². The van der Waals surface area contributed by atoms with E-state index in [0.717, 1.165) is 12.0 Å². The molecule has 1 aromatic carbocycles. The van der Waals surface area contributed by atoms with Gasteiger partial charge in [0, 0.05) is 16.0 Å². The van der Waals surface area contributed by atoms with Crippen molar-refractivity contribution in [2.24, 2.45) is 5.92 Å². The van der Waals surface area contributed by atoms with E-state index in [0.29, 0.717) is 22.2 Å². The summed E-state index contributed by atoms with van der Waals surface area (Å²) < 4.78 is 25.9. The molecule has 1 rings (SSSR count). The summed E-state index contributed by atoms with van der Waals surface area (Å²) in [6.07, 6.45) is 1.73. The van der Waals surface area contributed by atoms with Gasteiger partial charge in [0.15, 0.2) is 0 Å². The molecule has 2 atom stereocenters. The molecule has 0 radical (unpaired) electrons. The SMILES string of the molecule is CCC(C)C(CO)c1ccc(Cl)cc1Cl.CS(=O)(=O)O. The monoisotopic (exact) mass is 342 g/mol. The van der Waals surface area contributed by atoms with E-state index >= 15 is 0 Å². The summed E-state index contributed by atoms with van der Waals surface area (Å²) in [5.74, 6) is 0.508. The molecule has 1 aromatic rings. The minimum atomic E-state index is -3.67. The Kier molecular flexibility index (Phi) is 8.70. The van der Waals surface area contributed by atoms with Crippen molar-refractivity contribution in [2.75, 3.05) is 12.9 Å². The fraction of sp³-hybridized carbons (Fsp3) is 0.538. The molecule has 2 N–H and O–H groups in total. The van der Waals surface area contributed by atoms with Gasteiger partial charge in [-0.1, -0.05) is 49.5 Å². The van der Waals surface area contributed by atoms with E-state index in [1.54, 1.807) is 6.07 Å². The lowest BCUT2D eigenvalue weighted by Crippen LogP contribution is -2.13. The average Bonchev–Trinajstić information content (AvgIpc) is 2.30. The van der Waals surface area contributed by atoms with Crippen LogP contribution in [-0.2, 0) is 10.1 Å². The smallest absolute Gasteiger partial charge is 0.261 e. The number of aliphatic hydroxyl groups is 1. The normalized spacial score (nSPS) is 14.2. The molecular formula is C13H20Cl2O4S. The lowest BCUT2D eigenvalue weighted by molar-refractivity contribution is 0.229. The van der Waals surface area contributed by atoms with Gasteiger partial charge >= 0.3 is 0 Å². The number of hydrogen-bond acceptors (Lipinski definition) is 3. The van der Waals surface area contributed by atoms with Crippen LogP contribution in [0.5, 0.6) is 0 Å². The van der Waals surface area contributed by atoms with Crippen LogP contribution in [0.15, 0.2) is 18.2 Å². The minimum Gasteiger partial charge on any atom is -0.396 e. The summed E-state index contributed by atoms with van der Waals surface area (Å²) in [5.41, 5.74) is 0.984. The Hall–Kier alpha value is -0.330. The summed E-state index contributed by atoms with van der Waals surface area (Å²) in [7, 11) is -3.67. The summed E-state index contributed by atoms with van der Waals surface area (Å²) in [6, 6.07) is 5.44. The molecule has 0 amide bonds. The third-order valence-electron chi connectivity index (χ3n) is 2.89. The van der Waals surface area contributed by atoms with Crippen LogP contribution in [0.4, 0.5) is 0 Å². The predicted molar refractivity (Wildman–Crippen MR) is 83.2 cm³/mol. The quantitative estimate of drug-likeness (QED) is 0.819. The predicted octanol–water partition coefficient (Wildman–Crippen LogP) is 3.62. The topological polar surface area (TPSA) is 74.6 Å². The highest BCUT2D eigenvalue weighted by molar-refractivity contribution is 7.85. The second kappa shape index (κ2) is 8.85. The Morgan fingerprint density at radius 2 is 1.80 bits per heavy atom. The molecule has 7 heteroatoms. The Bertz CT molecular complexity index is 509. The van der Waals surface area contributed by atoms with Crippen molar-refractivity contribution in [1.82, 2.24) is 0 Å². The third kappa shape index (κ3) is 8.07. The van der Waals surface area contributed by atoms with Crippen LogP contribution in [0.2, 0.25) is 10.0 Å². The molecule has 4 nitrogen and oxygen atoms in total. The number of halogens is 2. The van der Waals surface area contributed by atoms with Gasteiger partial charge in [0.2, 0.25) is 0 Å². The maximum Gasteiger partial charge on any atom is 0.261 e. The second-order valence-electron chi connectivity index (χ2n) is 4.57. The molecule has 0 saturated heterocycles. The molecule has 0 bridgehead atoms. The van der Waals surface area contributed by atoms with Gasteiger partial charge in [0.25, 0.3) is 10.1 Å². The first kappa shape index (κ1) is 19.7.